The fourth-order valence-electron chi connectivity index (χ4n) is 3.00. The van der Waals surface area contributed by atoms with Gasteiger partial charge in [0.2, 0.25) is 0 Å². The molecular weight excluding hydrogens is 466 g/mol. The Labute approximate surface area is 170 Å². The van der Waals surface area contributed by atoms with E-state index in [4.69, 9.17) is 33.7 Å². The van der Waals surface area contributed by atoms with E-state index in [1.807, 2.05) is 0 Å². The van der Waals surface area contributed by atoms with Crippen LogP contribution in [0.4, 0.5) is 25.2 Å². The topological polar surface area (TPSA) is 93.9 Å². The van der Waals surface area contributed by atoms with Crippen LogP contribution in [0.3, 0.4) is 0 Å². The van der Waals surface area contributed by atoms with Crippen LogP contribution in [0.15, 0.2) is 17.0 Å². The SMILES string of the molecule is COC(=O)C1(c2c(C#N)nn(-c3c(Cl)cc(S(F)(F)(F)(F)F)cc3Cl)c2N)CC1. The fourth-order valence-corrected chi connectivity index (χ4v) is 4.45. The van der Waals surface area contributed by atoms with Gasteiger partial charge < -0.3 is 10.5 Å². The van der Waals surface area contributed by atoms with Crippen molar-refractivity contribution in [3.05, 3.63) is 33.4 Å². The second-order valence-electron chi connectivity index (χ2n) is 6.41. The van der Waals surface area contributed by atoms with Crippen LogP contribution >= 0.6 is 33.4 Å². The first-order valence-electron chi connectivity index (χ1n) is 7.67. The third-order valence-electron chi connectivity index (χ3n) is 4.48. The van der Waals surface area contributed by atoms with E-state index in [0.717, 1.165) is 11.8 Å². The molecule has 1 fully saturated rings. The molecule has 1 heterocycles. The first kappa shape index (κ1) is 21.5. The number of hydrogen-bond donors (Lipinski definition) is 1. The van der Waals surface area contributed by atoms with Crippen LogP contribution < -0.4 is 5.73 Å². The Morgan fingerprint density at radius 3 is 2.17 bits per heavy atom. The molecule has 0 spiro atoms. The lowest BCUT2D eigenvalue weighted by Gasteiger charge is -2.40. The van der Waals surface area contributed by atoms with E-state index in [9.17, 15) is 29.5 Å². The van der Waals surface area contributed by atoms with Crippen LogP contribution in [-0.2, 0) is 14.9 Å². The Morgan fingerprint density at radius 1 is 1.28 bits per heavy atom. The molecule has 14 heteroatoms. The lowest BCUT2D eigenvalue weighted by Crippen LogP contribution is -2.23. The molecule has 0 unspecified atom stereocenters. The van der Waals surface area contributed by atoms with Gasteiger partial charge in [-0.3, -0.25) is 4.79 Å². The lowest BCUT2D eigenvalue weighted by molar-refractivity contribution is -0.143. The summed E-state index contributed by atoms with van der Waals surface area (Å²) in [4.78, 5) is 9.85. The maximum Gasteiger partial charge on any atom is 0.316 e. The Balaban J connectivity index is 2.25. The van der Waals surface area contributed by atoms with Gasteiger partial charge in [0.25, 0.3) is 0 Å². The van der Waals surface area contributed by atoms with Gasteiger partial charge in [-0.05, 0) is 25.0 Å². The van der Waals surface area contributed by atoms with E-state index in [1.165, 1.54) is 0 Å². The number of benzene rings is 1. The van der Waals surface area contributed by atoms with Gasteiger partial charge in [-0.2, -0.15) is 10.4 Å². The zero-order valence-electron chi connectivity index (χ0n) is 14.4. The third kappa shape index (κ3) is 3.47. The summed E-state index contributed by atoms with van der Waals surface area (Å²) in [6.07, 6.45) is 0.601. The van der Waals surface area contributed by atoms with Crippen molar-refractivity contribution in [2.24, 2.45) is 0 Å². The van der Waals surface area contributed by atoms with Crippen molar-refractivity contribution in [2.45, 2.75) is 23.2 Å². The molecule has 0 radical (unpaired) electrons. The normalized spacial score (nSPS) is 17.8. The van der Waals surface area contributed by atoms with Gasteiger partial charge in [-0.25, -0.2) is 4.68 Å². The van der Waals surface area contributed by atoms with E-state index in [1.54, 1.807) is 6.07 Å². The molecule has 0 amide bonds. The summed E-state index contributed by atoms with van der Waals surface area (Å²) in [6.45, 7) is 0. The molecule has 6 nitrogen and oxygen atoms in total. The molecule has 2 N–H and O–H groups in total. The number of carbonyl (C=O) groups is 1. The van der Waals surface area contributed by atoms with Gasteiger partial charge in [0.1, 0.15) is 22.5 Å². The first-order chi connectivity index (χ1) is 13.1. The van der Waals surface area contributed by atoms with Crippen molar-refractivity contribution in [1.82, 2.24) is 9.78 Å². The van der Waals surface area contributed by atoms with Crippen LogP contribution in [0, 0.1) is 11.3 Å². The highest BCUT2D eigenvalue weighted by atomic mass is 35.5. The van der Waals surface area contributed by atoms with Gasteiger partial charge in [-0.1, -0.05) is 42.6 Å². The van der Waals surface area contributed by atoms with Crippen LogP contribution in [-0.4, -0.2) is 22.9 Å². The number of nitrogens with two attached hydrogens (primary N) is 1. The Hall–Kier alpha value is -2.23. The van der Waals surface area contributed by atoms with E-state index in [-0.39, 0.29) is 29.2 Å². The van der Waals surface area contributed by atoms with Crippen molar-refractivity contribution in [3.63, 3.8) is 0 Å². The minimum Gasteiger partial charge on any atom is -0.468 e. The standard InChI is InChI=1S/C15H11Cl2F5N4O2S/c1-28-14(27)15(2-3-15)11-10(6-23)25-26(13(11)24)12-8(16)4-7(5-9(12)17)29(18,19,20,21)22/h4-5H,2-3,24H2,1H3. The van der Waals surface area contributed by atoms with Crippen molar-refractivity contribution < 1.29 is 29.0 Å². The number of rotatable bonds is 4. The number of nitrogen functional groups attached to an aromatic ring is 1. The molecule has 158 valence electrons. The van der Waals surface area contributed by atoms with Crippen molar-refractivity contribution in [3.8, 4) is 11.8 Å². The van der Waals surface area contributed by atoms with Gasteiger partial charge in [0, 0.05) is 5.56 Å². The molecule has 1 aliphatic rings. The second kappa shape index (κ2) is 5.68. The highest BCUT2D eigenvalue weighted by Crippen LogP contribution is 3.02. The summed E-state index contributed by atoms with van der Waals surface area (Å²) in [6, 6.07) is 1.75. The number of anilines is 1. The predicted molar refractivity (Wildman–Crippen MR) is 97.0 cm³/mol. The molecule has 1 saturated carbocycles. The molecule has 0 saturated heterocycles. The van der Waals surface area contributed by atoms with Crippen LogP contribution in [0.25, 0.3) is 5.69 Å². The van der Waals surface area contributed by atoms with Crippen molar-refractivity contribution >= 4 is 45.2 Å². The number of nitrogens with zero attached hydrogens (tertiary/aromatic N) is 3. The Bertz CT molecular complexity index is 1080. The molecule has 0 bridgehead atoms. The van der Waals surface area contributed by atoms with Crippen LogP contribution in [0.2, 0.25) is 10.0 Å². The van der Waals surface area contributed by atoms with Gasteiger partial charge in [0.15, 0.2) is 5.69 Å². The monoisotopic (exact) mass is 476 g/mol. The van der Waals surface area contributed by atoms with Gasteiger partial charge in [-0.15, -0.1) is 0 Å². The van der Waals surface area contributed by atoms with Gasteiger partial charge in [0.05, 0.1) is 22.6 Å². The highest BCUT2D eigenvalue weighted by molar-refractivity contribution is 8.45. The molecule has 3 rings (SSSR count). The number of esters is 1. The largest absolute Gasteiger partial charge is 0.468 e. The molecule has 1 aromatic heterocycles. The van der Waals surface area contributed by atoms with E-state index >= 15 is 0 Å². The molecule has 0 aliphatic heterocycles. The summed E-state index contributed by atoms with van der Waals surface area (Å²) in [7, 11) is -8.91. The highest BCUT2D eigenvalue weighted by Gasteiger charge is 2.65. The number of carbonyl (C=O) groups excluding carboxylic acids is 1. The molecule has 2 aromatic rings. The number of nitriles is 1. The number of methoxy groups -OCH3 is 1. The lowest BCUT2D eigenvalue weighted by atomic mass is 9.95. The second-order valence-corrected chi connectivity index (χ2v) is 9.63. The van der Waals surface area contributed by atoms with Gasteiger partial charge >= 0.3 is 16.2 Å². The average Bonchev–Trinajstić information content (AvgIpc) is 3.31. The van der Waals surface area contributed by atoms with Crippen molar-refractivity contribution in [2.75, 3.05) is 12.8 Å². The summed E-state index contributed by atoms with van der Waals surface area (Å²) in [5.41, 5.74) is 4.04. The zero-order valence-corrected chi connectivity index (χ0v) is 16.7. The molecule has 1 aromatic carbocycles. The van der Waals surface area contributed by atoms with Crippen LogP contribution in [0.1, 0.15) is 24.1 Å². The molecule has 1 aliphatic carbocycles. The predicted octanol–water partition coefficient (Wildman–Crippen LogP) is 5.49. The first-order valence-corrected chi connectivity index (χ1v) is 10.4. The third-order valence-corrected chi connectivity index (χ3v) is 6.18. The maximum atomic E-state index is 13.1. The minimum absolute atomic E-state index is 0.00433. The number of aromatic nitrogens is 2. The van der Waals surface area contributed by atoms with E-state index < -0.39 is 42.2 Å². The number of halogens is 7. The zero-order chi connectivity index (χ0) is 22.1. The minimum atomic E-state index is -10.0. The average molecular weight is 477 g/mol. The number of hydrogen-bond acceptors (Lipinski definition) is 5. The van der Waals surface area contributed by atoms with E-state index in [2.05, 4.69) is 5.10 Å². The molecule has 29 heavy (non-hydrogen) atoms. The van der Waals surface area contributed by atoms with E-state index in [0.29, 0.717) is 12.8 Å². The fraction of sp³-hybridized carbons (Fsp3) is 0.267. The van der Waals surface area contributed by atoms with Crippen molar-refractivity contribution in [1.29, 1.82) is 5.26 Å². The summed E-state index contributed by atoms with van der Waals surface area (Å²) >= 11 is 11.6. The number of ether oxygens (including phenoxy) is 1. The summed E-state index contributed by atoms with van der Waals surface area (Å²) < 4.78 is 70.9. The summed E-state index contributed by atoms with van der Waals surface area (Å²) in [5.74, 6) is -0.970. The molecule has 0 atom stereocenters. The Morgan fingerprint density at radius 2 is 1.79 bits per heavy atom. The summed E-state index contributed by atoms with van der Waals surface area (Å²) in [5, 5.41) is 11.6. The smallest absolute Gasteiger partial charge is 0.316 e. The maximum absolute atomic E-state index is 13.1. The van der Waals surface area contributed by atoms with Crippen LogP contribution in [0.5, 0.6) is 0 Å². The Kier molecular flexibility index (Phi) is 4.21. The molecular formula is C15H11Cl2F5N4O2S. The quantitative estimate of drug-likeness (QED) is 0.464.